The fraction of sp³-hybridized carbons (Fsp3) is 0.273. The first-order valence-electron chi connectivity index (χ1n) is 4.98. The van der Waals surface area contributed by atoms with Gasteiger partial charge in [0.2, 0.25) is 0 Å². The molecule has 6 heteroatoms. The van der Waals surface area contributed by atoms with Gasteiger partial charge in [-0.3, -0.25) is 0 Å². The number of nitrogens with zero attached hydrogens (tertiary/aromatic N) is 2. The third kappa shape index (κ3) is 2.03. The normalized spacial score (nSPS) is 10.3. The Hall–Kier alpha value is -1.82. The second-order valence-electron chi connectivity index (χ2n) is 3.52. The second-order valence-corrected chi connectivity index (χ2v) is 4.05. The summed E-state index contributed by atoms with van der Waals surface area (Å²) in [5, 5.41) is 0. The van der Waals surface area contributed by atoms with Crippen molar-refractivity contribution in [3.05, 3.63) is 17.7 Å². The Bertz CT molecular complexity index is 540. The molecule has 0 saturated heterocycles. The summed E-state index contributed by atoms with van der Waals surface area (Å²) in [4.78, 5) is 0. The molecule has 2 aromatic rings. The number of aromatic nitrogens is 2. The minimum atomic E-state index is 0.435. The molecule has 2 rings (SSSR count). The van der Waals surface area contributed by atoms with Gasteiger partial charge in [-0.1, -0.05) is 0 Å². The molecule has 0 aliphatic heterocycles. The summed E-state index contributed by atoms with van der Waals surface area (Å²) in [6, 6.07) is 3.76. The second kappa shape index (κ2) is 4.58. The lowest BCUT2D eigenvalue weighted by Gasteiger charge is -2.11. The molecule has 90 valence electrons. The van der Waals surface area contributed by atoms with E-state index >= 15 is 0 Å². The molecule has 5 nitrogen and oxygen atoms in total. The van der Waals surface area contributed by atoms with Crippen LogP contribution in [-0.4, -0.2) is 23.0 Å². The van der Waals surface area contributed by atoms with Crippen LogP contribution in [0.5, 0.6) is 11.5 Å². The zero-order valence-corrected chi connectivity index (χ0v) is 10.7. The van der Waals surface area contributed by atoms with Crippen LogP contribution < -0.4 is 15.2 Å². The van der Waals surface area contributed by atoms with Crippen molar-refractivity contribution in [1.29, 1.82) is 0 Å². The van der Waals surface area contributed by atoms with E-state index < -0.39 is 0 Å². The van der Waals surface area contributed by atoms with Gasteiger partial charge in [0.1, 0.15) is 5.69 Å². The van der Waals surface area contributed by atoms with E-state index in [1.54, 1.807) is 14.2 Å². The van der Waals surface area contributed by atoms with E-state index in [4.69, 9.17) is 15.2 Å². The van der Waals surface area contributed by atoms with Gasteiger partial charge < -0.3 is 15.2 Å². The zero-order valence-electron chi connectivity index (χ0n) is 9.85. The van der Waals surface area contributed by atoms with Gasteiger partial charge in [-0.25, -0.2) is 0 Å². The fourth-order valence-corrected chi connectivity index (χ4v) is 2.11. The fourth-order valence-electron chi connectivity index (χ4n) is 1.62. The molecule has 0 fully saturated rings. The quantitative estimate of drug-likeness (QED) is 0.904. The maximum atomic E-state index is 5.77. The van der Waals surface area contributed by atoms with Crippen LogP contribution in [0.3, 0.4) is 0 Å². The average molecular weight is 251 g/mol. The van der Waals surface area contributed by atoms with Crippen LogP contribution in [-0.2, 0) is 0 Å². The highest BCUT2D eigenvalue weighted by Gasteiger charge is 2.14. The Morgan fingerprint density at radius 3 is 2.29 bits per heavy atom. The van der Waals surface area contributed by atoms with Crippen molar-refractivity contribution in [2.75, 3.05) is 20.0 Å². The van der Waals surface area contributed by atoms with Crippen molar-refractivity contribution in [2.24, 2.45) is 0 Å². The standard InChI is InChI=1S/C11H13N3O2S/c1-6-4-8(15-2)9(16-3)5-7(6)10-11(12)14-17-13-10/h4-5H,1-3H3,(H2,12,14). The number of aryl methyl sites for hydroxylation is 1. The summed E-state index contributed by atoms with van der Waals surface area (Å²) in [6.45, 7) is 1.97. The Morgan fingerprint density at radius 1 is 1.12 bits per heavy atom. The maximum Gasteiger partial charge on any atom is 0.165 e. The van der Waals surface area contributed by atoms with Crippen molar-refractivity contribution in [2.45, 2.75) is 6.92 Å². The van der Waals surface area contributed by atoms with Gasteiger partial charge >= 0.3 is 0 Å². The van der Waals surface area contributed by atoms with Crippen molar-refractivity contribution >= 4 is 17.5 Å². The predicted molar refractivity (Wildman–Crippen MR) is 67.6 cm³/mol. The smallest absolute Gasteiger partial charge is 0.165 e. The lowest BCUT2D eigenvalue weighted by atomic mass is 10.0. The number of nitrogens with two attached hydrogens (primary N) is 1. The van der Waals surface area contributed by atoms with Gasteiger partial charge in [0.15, 0.2) is 17.3 Å². The Morgan fingerprint density at radius 2 is 1.76 bits per heavy atom. The predicted octanol–water partition coefficient (Wildman–Crippen LogP) is 2.11. The van der Waals surface area contributed by atoms with Gasteiger partial charge in [0.05, 0.1) is 25.9 Å². The van der Waals surface area contributed by atoms with E-state index in [1.165, 1.54) is 0 Å². The van der Waals surface area contributed by atoms with E-state index in [-0.39, 0.29) is 0 Å². The first-order valence-corrected chi connectivity index (χ1v) is 5.71. The molecule has 0 amide bonds. The topological polar surface area (TPSA) is 70.3 Å². The molecule has 1 aromatic heterocycles. The van der Waals surface area contributed by atoms with Crippen LogP contribution in [0.25, 0.3) is 11.3 Å². The molecule has 0 atom stereocenters. The number of ether oxygens (including phenoxy) is 2. The van der Waals surface area contributed by atoms with E-state index in [0.29, 0.717) is 23.0 Å². The number of methoxy groups -OCH3 is 2. The average Bonchev–Trinajstić information content (AvgIpc) is 2.75. The molecule has 0 unspecified atom stereocenters. The summed E-state index contributed by atoms with van der Waals surface area (Å²) in [5.41, 5.74) is 8.38. The monoisotopic (exact) mass is 251 g/mol. The Labute approximate surface area is 104 Å². The number of nitrogen functional groups attached to an aromatic ring is 1. The molecule has 17 heavy (non-hydrogen) atoms. The van der Waals surface area contributed by atoms with Crippen LogP contribution in [0.2, 0.25) is 0 Å². The number of hydrogen-bond acceptors (Lipinski definition) is 6. The van der Waals surface area contributed by atoms with E-state index in [0.717, 1.165) is 22.9 Å². The van der Waals surface area contributed by atoms with Gasteiger partial charge in [-0.05, 0) is 24.6 Å². The number of benzene rings is 1. The van der Waals surface area contributed by atoms with Crippen LogP contribution in [0.1, 0.15) is 5.56 Å². The summed E-state index contributed by atoms with van der Waals surface area (Å²) < 4.78 is 18.6. The molecule has 0 aliphatic carbocycles. The maximum absolute atomic E-state index is 5.77. The van der Waals surface area contributed by atoms with Crippen molar-refractivity contribution in [3.63, 3.8) is 0 Å². The molecular formula is C11H13N3O2S. The number of anilines is 1. The van der Waals surface area contributed by atoms with Gasteiger partial charge in [0.25, 0.3) is 0 Å². The largest absolute Gasteiger partial charge is 0.493 e. The highest BCUT2D eigenvalue weighted by molar-refractivity contribution is 6.99. The molecule has 1 aromatic carbocycles. The lowest BCUT2D eigenvalue weighted by molar-refractivity contribution is 0.355. The van der Waals surface area contributed by atoms with E-state index in [9.17, 15) is 0 Å². The molecule has 0 bridgehead atoms. The molecule has 2 N–H and O–H groups in total. The Kier molecular flexibility index (Phi) is 3.14. The molecule has 0 aliphatic rings. The van der Waals surface area contributed by atoms with Crippen LogP contribution >= 0.6 is 11.7 Å². The molecular weight excluding hydrogens is 238 g/mol. The van der Waals surface area contributed by atoms with E-state index in [1.807, 2.05) is 19.1 Å². The highest BCUT2D eigenvalue weighted by Crippen LogP contribution is 2.36. The number of rotatable bonds is 3. The summed E-state index contributed by atoms with van der Waals surface area (Å²) in [7, 11) is 3.20. The van der Waals surface area contributed by atoms with Crippen molar-refractivity contribution < 1.29 is 9.47 Å². The first-order chi connectivity index (χ1) is 8.17. The van der Waals surface area contributed by atoms with Gasteiger partial charge in [0, 0.05) is 5.56 Å². The van der Waals surface area contributed by atoms with Crippen molar-refractivity contribution in [1.82, 2.24) is 8.75 Å². The van der Waals surface area contributed by atoms with Gasteiger partial charge in [-0.2, -0.15) is 8.75 Å². The minimum Gasteiger partial charge on any atom is -0.493 e. The summed E-state index contributed by atoms with van der Waals surface area (Å²) >= 11 is 1.10. The van der Waals surface area contributed by atoms with E-state index in [2.05, 4.69) is 8.75 Å². The molecule has 1 heterocycles. The zero-order chi connectivity index (χ0) is 12.4. The van der Waals surface area contributed by atoms with Gasteiger partial charge in [-0.15, -0.1) is 0 Å². The molecule has 0 spiro atoms. The summed E-state index contributed by atoms with van der Waals surface area (Å²) in [6.07, 6.45) is 0. The van der Waals surface area contributed by atoms with Crippen molar-refractivity contribution in [3.8, 4) is 22.8 Å². The SMILES string of the molecule is COc1cc(C)c(-c2nsnc2N)cc1OC. The van der Waals surface area contributed by atoms with Crippen LogP contribution in [0, 0.1) is 6.92 Å². The minimum absolute atomic E-state index is 0.435. The third-order valence-electron chi connectivity index (χ3n) is 2.50. The Balaban J connectivity index is 2.59. The number of hydrogen-bond donors (Lipinski definition) is 1. The lowest BCUT2D eigenvalue weighted by Crippen LogP contribution is -1.95. The molecule has 0 saturated carbocycles. The van der Waals surface area contributed by atoms with Crippen LogP contribution in [0.4, 0.5) is 5.82 Å². The summed E-state index contributed by atoms with van der Waals surface area (Å²) in [5.74, 6) is 1.78. The third-order valence-corrected chi connectivity index (χ3v) is 3.04. The highest BCUT2D eigenvalue weighted by atomic mass is 32.1. The first kappa shape index (κ1) is 11.7. The molecule has 0 radical (unpaired) electrons. The van der Waals surface area contributed by atoms with Crippen LogP contribution in [0.15, 0.2) is 12.1 Å².